The molecule has 3 rings (SSSR count). The lowest BCUT2D eigenvalue weighted by Gasteiger charge is -2.41. The first-order valence-corrected chi connectivity index (χ1v) is 8.02. The normalized spacial score (nSPS) is 17.6. The van der Waals surface area contributed by atoms with Gasteiger partial charge in [-0.3, -0.25) is 4.79 Å². The topological polar surface area (TPSA) is 42.2 Å². The lowest BCUT2D eigenvalue weighted by molar-refractivity contribution is -0.130. The Kier molecular flexibility index (Phi) is 4.00. The van der Waals surface area contributed by atoms with E-state index < -0.39 is 5.41 Å². The zero-order valence-corrected chi connectivity index (χ0v) is 13.6. The van der Waals surface area contributed by atoms with Crippen LogP contribution in [0.3, 0.4) is 0 Å². The van der Waals surface area contributed by atoms with Crippen molar-refractivity contribution in [3.63, 3.8) is 0 Å². The average molecular weight is 318 g/mol. The van der Waals surface area contributed by atoms with Gasteiger partial charge in [0.1, 0.15) is 11.5 Å². The number of rotatable bonds is 4. The summed E-state index contributed by atoms with van der Waals surface area (Å²) in [4.78, 5) is 12.9. The van der Waals surface area contributed by atoms with Crippen LogP contribution < -0.4 is 5.32 Å². The number of amides is 1. The summed E-state index contributed by atoms with van der Waals surface area (Å²) in [5.41, 5.74) is 0.562. The Balaban J connectivity index is 1.80. The first-order valence-electron chi connectivity index (χ1n) is 7.65. The first-order chi connectivity index (χ1) is 10.5. The van der Waals surface area contributed by atoms with Crippen LogP contribution in [-0.4, -0.2) is 5.91 Å². The molecular formula is C18H20ClNO2. The van der Waals surface area contributed by atoms with Crippen molar-refractivity contribution in [3.05, 3.63) is 58.5 Å². The third kappa shape index (κ3) is 2.66. The van der Waals surface area contributed by atoms with Crippen LogP contribution in [0, 0.1) is 6.92 Å². The van der Waals surface area contributed by atoms with E-state index >= 15 is 0 Å². The molecule has 1 N–H and O–H groups in total. The Morgan fingerprint density at radius 1 is 1.32 bits per heavy atom. The summed E-state index contributed by atoms with van der Waals surface area (Å²) >= 11 is 6.09. The molecule has 1 amide bonds. The number of nitrogens with one attached hydrogen (secondary N) is 1. The number of aryl methyl sites for hydroxylation is 1. The van der Waals surface area contributed by atoms with E-state index in [0.29, 0.717) is 5.02 Å². The number of hydrogen-bond acceptors (Lipinski definition) is 2. The van der Waals surface area contributed by atoms with Gasteiger partial charge in [-0.25, -0.2) is 0 Å². The van der Waals surface area contributed by atoms with Crippen molar-refractivity contribution in [1.29, 1.82) is 0 Å². The van der Waals surface area contributed by atoms with Gasteiger partial charge in [0.25, 0.3) is 0 Å². The number of halogens is 1. The van der Waals surface area contributed by atoms with Gasteiger partial charge in [-0.1, -0.05) is 30.2 Å². The van der Waals surface area contributed by atoms with Crippen LogP contribution in [0.1, 0.15) is 49.3 Å². The molecule has 22 heavy (non-hydrogen) atoms. The summed E-state index contributed by atoms with van der Waals surface area (Å²) in [5, 5.41) is 3.77. The van der Waals surface area contributed by atoms with Crippen LogP contribution in [-0.2, 0) is 10.2 Å². The van der Waals surface area contributed by atoms with E-state index in [1.54, 1.807) is 0 Å². The highest BCUT2D eigenvalue weighted by atomic mass is 35.5. The van der Waals surface area contributed by atoms with Gasteiger partial charge >= 0.3 is 0 Å². The summed E-state index contributed by atoms with van der Waals surface area (Å²) in [7, 11) is 0. The number of carbonyl (C=O) groups excluding carboxylic acids is 1. The molecule has 1 fully saturated rings. The smallest absolute Gasteiger partial charge is 0.231 e. The minimum atomic E-state index is -0.444. The molecule has 1 heterocycles. The zero-order chi connectivity index (χ0) is 15.7. The lowest BCUT2D eigenvalue weighted by atomic mass is 9.63. The quantitative estimate of drug-likeness (QED) is 0.899. The van der Waals surface area contributed by atoms with Gasteiger partial charge < -0.3 is 9.73 Å². The maximum atomic E-state index is 12.9. The van der Waals surface area contributed by atoms with Crippen LogP contribution >= 0.6 is 11.6 Å². The molecule has 1 aliphatic carbocycles. The van der Waals surface area contributed by atoms with Crippen molar-refractivity contribution in [1.82, 2.24) is 5.32 Å². The van der Waals surface area contributed by atoms with E-state index in [4.69, 9.17) is 16.0 Å². The minimum absolute atomic E-state index is 0.0579. The molecule has 2 aromatic rings. The van der Waals surface area contributed by atoms with E-state index in [2.05, 4.69) is 5.32 Å². The Hall–Kier alpha value is -1.74. The molecule has 1 aliphatic rings. The van der Waals surface area contributed by atoms with E-state index in [0.717, 1.165) is 36.3 Å². The highest BCUT2D eigenvalue weighted by molar-refractivity contribution is 6.30. The fraction of sp³-hybridized carbons (Fsp3) is 0.389. The summed E-state index contributed by atoms with van der Waals surface area (Å²) in [6, 6.07) is 11.3. The van der Waals surface area contributed by atoms with Crippen molar-refractivity contribution in [3.8, 4) is 0 Å². The molecule has 1 aromatic carbocycles. The van der Waals surface area contributed by atoms with Crippen LogP contribution in [0.2, 0.25) is 5.02 Å². The second-order valence-corrected chi connectivity index (χ2v) is 6.53. The number of furan rings is 1. The second kappa shape index (κ2) is 5.81. The molecule has 1 unspecified atom stereocenters. The Bertz CT molecular complexity index is 688. The molecule has 1 atom stereocenters. The molecule has 4 heteroatoms. The van der Waals surface area contributed by atoms with E-state index in [-0.39, 0.29) is 11.9 Å². The van der Waals surface area contributed by atoms with Gasteiger partial charge in [-0.2, -0.15) is 0 Å². The maximum Gasteiger partial charge on any atom is 0.231 e. The molecule has 3 nitrogen and oxygen atoms in total. The predicted molar refractivity (Wildman–Crippen MR) is 87.0 cm³/mol. The van der Waals surface area contributed by atoms with E-state index in [1.165, 1.54) is 0 Å². The molecule has 0 bridgehead atoms. The minimum Gasteiger partial charge on any atom is -0.464 e. The highest BCUT2D eigenvalue weighted by Gasteiger charge is 2.46. The third-order valence-corrected chi connectivity index (χ3v) is 4.79. The molecule has 116 valence electrons. The number of carbonyl (C=O) groups is 1. The van der Waals surface area contributed by atoms with Gasteiger partial charge in [0.15, 0.2) is 0 Å². The van der Waals surface area contributed by atoms with Gasteiger partial charge in [0.2, 0.25) is 5.91 Å². The van der Waals surface area contributed by atoms with Crippen LogP contribution in [0.4, 0.5) is 0 Å². The van der Waals surface area contributed by atoms with Crippen molar-refractivity contribution < 1.29 is 9.21 Å². The first kappa shape index (κ1) is 15.2. The summed E-state index contributed by atoms with van der Waals surface area (Å²) in [6.07, 6.45) is 2.79. The number of hydrogen-bond donors (Lipinski definition) is 1. The van der Waals surface area contributed by atoms with Crippen LogP contribution in [0.15, 0.2) is 40.8 Å². The highest BCUT2D eigenvalue weighted by Crippen LogP contribution is 2.44. The van der Waals surface area contributed by atoms with Crippen LogP contribution in [0.5, 0.6) is 0 Å². The molecule has 0 radical (unpaired) electrons. The average Bonchev–Trinajstić information content (AvgIpc) is 2.84. The Labute approximate surface area is 135 Å². The molecular weight excluding hydrogens is 298 g/mol. The van der Waals surface area contributed by atoms with E-state index in [1.807, 2.05) is 50.2 Å². The molecule has 0 aliphatic heterocycles. The monoisotopic (exact) mass is 317 g/mol. The maximum absolute atomic E-state index is 12.9. The molecule has 0 spiro atoms. The van der Waals surface area contributed by atoms with Gasteiger partial charge in [0.05, 0.1) is 11.5 Å². The Morgan fingerprint density at radius 2 is 2.09 bits per heavy atom. The zero-order valence-electron chi connectivity index (χ0n) is 12.9. The van der Waals surface area contributed by atoms with Gasteiger partial charge in [0, 0.05) is 5.02 Å². The van der Waals surface area contributed by atoms with E-state index in [9.17, 15) is 4.79 Å². The lowest BCUT2D eigenvalue weighted by Crippen LogP contribution is -2.49. The van der Waals surface area contributed by atoms with Crippen molar-refractivity contribution in [2.24, 2.45) is 0 Å². The number of benzene rings is 1. The summed E-state index contributed by atoms with van der Waals surface area (Å²) in [6.45, 7) is 3.85. The second-order valence-electron chi connectivity index (χ2n) is 6.09. The Morgan fingerprint density at radius 3 is 2.64 bits per heavy atom. The summed E-state index contributed by atoms with van der Waals surface area (Å²) < 4.78 is 5.60. The summed E-state index contributed by atoms with van der Waals surface area (Å²) in [5.74, 6) is 1.69. The van der Waals surface area contributed by atoms with Crippen molar-refractivity contribution in [2.75, 3.05) is 0 Å². The third-order valence-electron chi connectivity index (χ3n) is 4.55. The fourth-order valence-corrected chi connectivity index (χ4v) is 3.25. The van der Waals surface area contributed by atoms with Crippen molar-refractivity contribution >= 4 is 17.5 Å². The van der Waals surface area contributed by atoms with Crippen LogP contribution in [0.25, 0.3) is 0 Å². The molecule has 1 aromatic heterocycles. The standard InChI is InChI=1S/C18H20ClNO2/c1-12-7-8-16(22-12)13(2)20-17(21)18(9-4-10-18)14-5-3-6-15(19)11-14/h3,5-8,11,13H,4,9-10H2,1-2H3,(H,20,21). The van der Waals surface area contributed by atoms with Crippen molar-refractivity contribution in [2.45, 2.75) is 44.6 Å². The van der Waals surface area contributed by atoms with Gasteiger partial charge in [-0.15, -0.1) is 0 Å². The fourth-order valence-electron chi connectivity index (χ4n) is 3.06. The molecule has 1 saturated carbocycles. The SMILES string of the molecule is Cc1ccc(C(C)NC(=O)C2(c3cccc(Cl)c3)CCC2)o1. The largest absolute Gasteiger partial charge is 0.464 e. The predicted octanol–water partition coefficient (Wildman–Crippen LogP) is 4.54. The van der Waals surface area contributed by atoms with Gasteiger partial charge in [-0.05, 0) is 56.5 Å². The molecule has 0 saturated heterocycles.